The standard InChI is InChI=1S/C36H30ClFN2O7/c1-16-11-19(12-17(2)30(16)41)29-22-8-9-23-28(33(44)39(31(23)42)20-6-4-5-18(13-20)34(45)46)24(22)15-25-32(43)40(35(47)36(25,29)3)21-7-10-27(38)26(37)14-21/h4-8,10-14,23-25,28-29,41H,9,15H2,1-3H3,(H,45,46)/t23-,24+,25-,28-,29-,36+/m0/s1. The first kappa shape index (κ1) is 30.8. The molecular formula is C36H30ClFN2O7. The van der Waals surface area contributed by atoms with Crippen molar-refractivity contribution in [3.05, 3.63) is 99.3 Å². The van der Waals surface area contributed by atoms with Crippen LogP contribution in [0.5, 0.6) is 5.75 Å². The molecule has 11 heteroatoms. The number of amides is 4. The number of carbonyl (C=O) groups is 5. The van der Waals surface area contributed by atoms with Crippen LogP contribution in [0.2, 0.25) is 5.02 Å². The Morgan fingerprint density at radius 3 is 2.26 bits per heavy atom. The first-order chi connectivity index (χ1) is 22.2. The van der Waals surface area contributed by atoms with Gasteiger partial charge in [-0.2, -0.15) is 0 Å². The molecule has 1 saturated carbocycles. The zero-order chi connectivity index (χ0) is 33.7. The van der Waals surface area contributed by atoms with Crippen LogP contribution in [-0.4, -0.2) is 39.8 Å². The summed E-state index contributed by atoms with van der Waals surface area (Å²) in [5, 5.41) is 19.9. The van der Waals surface area contributed by atoms with Gasteiger partial charge in [0.25, 0.3) is 0 Å². The molecule has 4 aliphatic rings. The van der Waals surface area contributed by atoms with Crippen molar-refractivity contribution in [1.29, 1.82) is 0 Å². The third kappa shape index (κ3) is 4.30. The van der Waals surface area contributed by atoms with Crippen molar-refractivity contribution < 1.29 is 38.6 Å². The maximum absolute atomic E-state index is 14.5. The van der Waals surface area contributed by atoms with Crippen LogP contribution >= 0.6 is 11.6 Å². The Bertz CT molecular complexity index is 1970. The van der Waals surface area contributed by atoms with Crippen LogP contribution in [0.25, 0.3) is 0 Å². The van der Waals surface area contributed by atoms with Gasteiger partial charge in [0.15, 0.2) is 0 Å². The van der Waals surface area contributed by atoms with Crippen LogP contribution in [0.4, 0.5) is 15.8 Å². The van der Waals surface area contributed by atoms with Crippen molar-refractivity contribution in [2.75, 3.05) is 9.80 Å². The lowest BCUT2D eigenvalue weighted by atomic mass is 9.51. The van der Waals surface area contributed by atoms with Crippen molar-refractivity contribution in [2.24, 2.45) is 29.1 Å². The topological polar surface area (TPSA) is 132 Å². The molecule has 2 saturated heterocycles. The number of phenolic OH excluding ortho intramolecular Hbond substituents is 1. The zero-order valence-corrected chi connectivity index (χ0v) is 26.4. The number of phenols is 1. The molecule has 3 aromatic carbocycles. The second-order valence-electron chi connectivity index (χ2n) is 13.1. The van der Waals surface area contributed by atoms with E-state index in [2.05, 4.69) is 0 Å². The largest absolute Gasteiger partial charge is 0.507 e. The fraction of sp³-hybridized carbons (Fsp3) is 0.306. The minimum atomic E-state index is -1.33. The number of aromatic hydroxyl groups is 1. The monoisotopic (exact) mass is 656 g/mol. The average molecular weight is 657 g/mol. The highest BCUT2D eigenvalue weighted by Gasteiger charge is 2.67. The lowest BCUT2D eigenvalue weighted by Crippen LogP contribution is -2.49. The maximum atomic E-state index is 14.5. The molecule has 0 bridgehead atoms. The molecule has 0 aromatic heterocycles. The van der Waals surface area contributed by atoms with Crippen LogP contribution in [0.15, 0.2) is 66.2 Å². The third-order valence-corrected chi connectivity index (χ3v) is 10.9. The number of allylic oxidation sites excluding steroid dienone is 2. The highest BCUT2D eigenvalue weighted by Crippen LogP contribution is 2.64. The van der Waals surface area contributed by atoms with Crippen LogP contribution in [0.3, 0.4) is 0 Å². The predicted octanol–water partition coefficient (Wildman–Crippen LogP) is 5.94. The maximum Gasteiger partial charge on any atom is 0.335 e. The number of hydrogen-bond acceptors (Lipinski definition) is 6. The van der Waals surface area contributed by atoms with E-state index in [1.807, 2.05) is 6.08 Å². The number of halogens is 2. The van der Waals surface area contributed by atoms with Gasteiger partial charge < -0.3 is 10.2 Å². The number of imide groups is 2. The first-order valence-electron chi connectivity index (χ1n) is 15.3. The first-order valence-corrected chi connectivity index (χ1v) is 15.7. The van der Waals surface area contributed by atoms with Crippen molar-refractivity contribution >= 4 is 52.6 Å². The number of aryl methyl sites for hydroxylation is 2. The van der Waals surface area contributed by atoms with E-state index in [4.69, 9.17) is 11.6 Å². The Hall–Kier alpha value is -4.83. The Labute approximate surface area is 274 Å². The van der Waals surface area contributed by atoms with Gasteiger partial charge in [-0.3, -0.25) is 24.1 Å². The lowest BCUT2D eigenvalue weighted by molar-refractivity contribution is -0.131. The van der Waals surface area contributed by atoms with E-state index in [-0.39, 0.29) is 40.6 Å². The van der Waals surface area contributed by atoms with E-state index < -0.39 is 70.4 Å². The summed E-state index contributed by atoms with van der Waals surface area (Å²) in [6, 6.07) is 12.9. The molecule has 2 aliphatic heterocycles. The number of carboxylic acid groups (broad SMARTS) is 1. The van der Waals surface area contributed by atoms with Crippen molar-refractivity contribution in [3.8, 4) is 5.75 Å². The molecular weight excluding hydrogens is 627 g/mol. The summed E-state index contributed by atoms with van der Waals surface area (Å²) in [7, 11) is 0. The Morgan fingerprint density at radius 2 is 1.60 bits per heavy atom. The molecule has 3 fully saturated rings. The molecule has 0 unspecified atom stereocenters. The summed E-state index contributed by atoms with van der Waals surface area (Å²) < 4.78 is 14.1. The smallest absolute Gasteiger partial charge is 0.335 e. The fourth-order valence-corrected chi connectivity index (χ4v) is 8.63. The second kappa shape index (κ2) is 10.6. The number of carbonyl (C=O) groups excluding carboxylic acids is 4. The van der Waals surface area contributed by atoms with Crippen LogP contribution in [-0.2, 0) is 19.2 Å². The van der Waals surface area contributed by atoms with E-state index in [1.54, 1.807) is 32.9 Å². The van der Waals surface area contributed by atoms with Gasteiger partial charge in [-0.05, 0) is 92.6 Å². The zero-order valence-electron chi connectivity index (χ0n) is 25.7. The number of aromatic carboxylic acids is 1. The second-order valence-corrected chi connectivity index (χ2v) is 13.5. The van der Waals surface area contributed by atoms with Crippen molar-refractivity contribution in [2.45, 2.75) is 39.5 Å². The fourth-order valence-electron chi connectivity index (χ4n) is 8.45. The molecule has 47 heavy (non-hydrogen) atoms. The third-order valence-electron chi connectivity index (χ3n) is 10.6. The molecule has 3 aromatic rings. The number of nitrogens with zero attached hydrogens (tertiary/aromatic N) is 2. The van der Waals surface area contributed by atoms with Gasteiger partial charge in [-0.1, -0.05) is 41.4 Å². The van der Waals surface area contributed by atoms with Gasteiger partial charge in [-0.25, -0.2) is 14.1 Å². The summed E-state index contributed by atoms with van der Waals surface area (Å²) in [5.74, 6) is -7.52. The molecule has 4 amide bonds. The molecule has 0 spiro atoms. The SMILES string of the molecule is Cc1cc([C@H]2C3=CC[C@@H]4C(=O)N(c5cccc(C(=O)O)c5)C(=O)[C@@H]4[C@@H]3C[C@H]3C(=O)N(c4ccc(F)c(Cl)c4)C(=O)[C@@]23C)cc(C)c1O. The van der Waals surface area contributed by atoms with Crippen LogP contribution < -0.4 is 9.80 Å². The predicted molar refractivity (Wildman–Crippen MR) is 170 cm³/mol. The van der Waals surface area contributed by atoms with E-state index in [0.717, 1.165) is 21.4 Å². The lowest BCUT2D eigenvalue weighted by Gasteiger charge is -2.49. The molecule has 2 aliphatic carbocycles. The van der Waals surface area contributed by atoms with Crippen molar-refractivity contribution in [1.82, 2.24) is 0 Å². The summed E-state index contributed by atoms with van der Waals surface area (Å²) in [6.07, 6.45) is 2.23. The highest BCUT2D eigenvalue weighted by molar-refractivity contribution is 6.32. The number of rotatable bonds is 4. The minimum absolute atomic E-state index is 0.0700. The minimum Gasteiger partial charge on any atom is -0.507 e. The van der Waals surface area contributed by atoms with Crippen LogP contribution in [0, 0.1) is 48.8 Å². The molecule has 240 valence electrons. The van der Waals surface area contributed by atoms with Crippen LogP contribution in [0.1, 0.15) is 52.7 Å². The molecule has 9 nitrogen and oxygen atoms in total. The quantitative estimate of drug-likeness (QED) is 0.263. The molecule has 2 heterocycles. The number of benzene rings is 3. The summed E-state index contributed by atoms with van der Waals surface area (Å²) in [4.78, 5) is 70.7. The highest BCUT2D eigenvalue weighted by atomic mass is 35.5. The van der Waals surface area contributed by atoms with E-state index in [0.29, 0.717) is 16.7 Å². The summed E-state index contributed by atoms with van der Waals surface area (Å²) >= 11 is 6.07. The Balaban J connectivity index is 1.37. The summed E-state index contributed by atoms with van der Waals surface area (Å²) in [6.45, 7) is 5.22. The summed E-state index contributed by atoms with van der Waals surface area (Å²) in [5.41, 5.74) is 1.48. The van der Waals surface area contributed by atoms with Gasteiger partial charge >= 0.3 is 5.97 Å². The van der Waals surface area contributed by atoms with Gasteiger partial charge in [0.1, 0.15) is 11.6 Å². The van der Waals surface area contributed by atoms with Gasteiger partial charge in [-0.15, -0.1) is 0 Å². The van der Waals surface area contributed by atoms with Crippen molar-refractivity contribution in [3.63, 3.8) is 0 Å². The van der Waals surface area contributed by atoms with Gasteiger partial charge in [0, 0.05) is 5.92 Å². The van der Waals surface area contributed by atoms with Gasteiger partial charge in [0.05, 0.1) is 45.1 Å². The Morgan fingerprint density at radius 1 is 0.915 bits per heavy atom. The Kier molecular flexibility index (Phi) is 6.95. The normalized spacial score (nSPS) is 28.3. The van der Waals surface area contributed by atoms with E-state index >= 15 is 0 Å². The molecule has 6 atom stereocenters. The molecule has 2 N–H and O–H groups in total. The number of anilines is 2. The van der Waals surface area contributed by atoms with E-state index in [1.165, 1.54) is 36.4 Å². The average Bonchev–Trinajstić information content (AvgIpc) is 3.40. The number of fused-ring (bicyclic) bond motifs is 4. The molecule has 0 radical (unpaired) electrons. The van der Waals surface area contributed by atoms with E-state index in [9.17, 15) is 38.6 Å². The molecule has 7 rings (SSSR count). The van der Waals surface area contributed by atoms with Gasteiger partial charge in [0.2, 0.25) is 23.6 Å². The number of carboxylic acids is 1. The number of hydrogen-bond donors (Lipinski definition) is 2.